The van der Waals surface area contributed by atoms with Crippen molar-refractivity contribution in [3.05, 3.63) is 50.7 Å². The third-order valence-corrected chi connectivity index (χ3v) is 3.17. The summed E-state index contributed by atoms with van der Waals surface area (Å²) in [6, 6.07) is 6.92. The number of imidazole rings is 1. The average Bonchev–Trinajstić information content (AvgIpc) is 2.65. The second-order valence-electron chi connectivity index (χ2n) is 4.00. The molecule has 96 valence electrons. The van der Waals surface area contributed by atoms with E-state index in [9.17, 15) is 4.79 Å². The summed E-state index contributed by atoms with van der Waals surface area (Å²) in [5.74, 6) is 0.497. The van der Waals surface area contributed by atoms with Crippen molar-refractivity contribution >= 4 is 34.4 Å². The van der Waals surface area contributed by atoms with Crippen LogP contribution in [0.25, 0.3) is 16.9 Å². The molecule has 3 aromatic rings. The van der Waals surface area contributed by atoms with Crippen molar-refractivity contribution in [3.63, 3.8) is 0 Å². The van der Waals surface area contributed by atoms with Gasteiger partial charge in [-0.05, 0) is 25.1 Å². The van der Waals surface area contributed by atoms with Gasteiger partial charge in [0.25, 0.3) is 0 Å². The lowest BCUT2D eigenvalue weighted by Gasteiger charge is -2.04. The molecule has 7 heteroatoms. The fourth-order valence-corrected chi connectivity index (χ4v) is 2.42. The number of benzene rings is 1. The molecule has 0 unspecified atom stereocenters. The van der Waals surface area contributed by atoms with Crippen molar-refractivity contribution in [2.75, 3.05) is 0 Å². The van der Waals surface area contributed by atoms with E-state index in [1.54, 1.807) is 31.2 Å². The first kappa shape index (κ1) is 12.2. The Morgan fingerprint density at radius 2 is 2.05 bits per heavy atom. The van der Waals surface area contributed by atoms with Gasteiger partial charge in [0.05, 0.1) is 5.69 Å². The molecule has 0 aliphatic rings. The lowest BCUT2D eigenvalue weighted by molar-refractivity contribution is 1.01. The quantitative estimate of drug-likeness (QED) is 0.702. The maximum absolute atomic E-state index is 12.1. The molecule has 0 spiro atoms. The van der Waals surface area contributed by atoms with E-state index < -0.39 is 0 Å². The Labute approximate surface area is 117 Å². The van der Waals surface area contributed by atoms with Gasteiger partial charge in [0.15, 0.2) is 10.8 Å². The summed E-state index contributed by atoms with van der Waals surface area (Å²) in [6.07, 6.45) is 0. The molecule has 0 atom stereocenters. The van der Waals surface area contributed by atoms with Crippen molar-refractivity contribution in [1.82, 2.24) is 19.5 Å². The van der Waals surface area contributed by atoms with Gasteiger partial charge in [-0.2, -0.15) is 0 Å². The Morgan fingerprint density at radius 1 is 1.26 bits per heavy atom. The van der Waals surface area contributed by atoms with E-state index >= 15 is 0 Å². The molecular weight excluding hydrogens is 287 g/mol. The van der Waals surface area contributed by atoms with Gasteiger partial charge >= 0.3 is 5.69 Å². The highest BCUT2D eigenvalue weighted by atomic mass is 35.5. The molecule has 0 aliphatic carbocycles. The Kier molecular flexibility index (Phi) is 2.80. The minimum Gasteiger partial charge on any atom is -0.290 e. The van der Waals surface area contributed by atoms with Crippen LogP contribution in [-0.4, -0.2) is 19.5 Å². The molecule has 0 saturated heterocycles. The highest BCUT2D eigenvalue weighted by molar-refractivity contribution is 6.33. The molecule has 1 N–H and O–H groups in total. The minimum atomic E-state index is -0.334. The summed E-state index contributed by atoms with van der Waals surface area (Å²) >= 11 is 12.0. The Balaban J connectivity index is 2.42. The third kappa shape index (κ3) is 2.01. The summed E-state index contributed by atoms with van der Waals surface area (Å²) in [5, 5.41) is 0.753. The summed E-state index contributed by atoms with van der Waals surface area (Å²) in [6.45, 7) is 1.71. The maximum Gasteiger partial charge on any atom is 0.332 e. The van der Waals surface area contributed by atoms with Crippen LogP contribution in [0.15, 0.2) is 29.1 Å². The van der Waals surface area contributed by atoms with E-state index in [-0.39, 0.29) is 10.8 Å². The van der Waals surface area contributed by atoms with E-state index in [2.05, 4.69) is 15.0 Å². The number of H-pyrrole nitrogens is 1. The molecule has 5 nitrogen and oxygen atoms in total. The van der Waals surface area contributed by atoms with Crippen LogP contribution < -0.4 is 5.69 Å². The van der Waals surface area contributed by atoms with E-state index in [0.29, 0.717) is 27.7 Å². The zero-order valence-electron chi connectivity index (χ0n) is 9.82. The number of nitrogens with zero attached hydrogens (tertiary/aromatic N) is 3. The molecule has 0 aliphatic heterocycles. The van der Waals surface area contributed by atoms with Gasteiger partial charge in [-0.3, -0.25) is 9.55 Å². The number of aromatic amines is 1. The van der Waals surface area contributed by atoms with Crippen LogP contribution in [0.2, 0.25) is 10.2 Å². The molecule has 0 fully saturated rings. The van der Waals surface area contributed by atoms with Crippen LogP contribution in [0.1, 0.15) is 5.82 Å². The van der Waals surface area contributed by atoms with Gasteiger partial charge in [-0.1, -0.05) is 29.3 Å². The Hall–Kier alpha value is -1.85. The minimum absolute atomic E-state index is 0.223. The van der Waals surface area contributed by atoms with Gasteiger partial charge < -0.3 is 0 Å². The number of aromatic nitrogens is 4. The summed E-state index contributed by atoms with van der Waals surface area (Å²) in [5.41, 5.74) is 1.12. The second kappa shape index (κ2) is 4.36. The van der Waals surface area contributed by atoms with Gasteiger partial charge in [0, 0.05) is 5.02 Å². The first-order chi connectivity index (χ1) is 9.06. The van der Waals surface area contributed by atoms with Crippen LogP contribution in [0.5, 0.6) is 0 Å². The molecule has 19 heavy (non-hydrogen) atoms. The summed E-state index contributed by atoms with van der Waals surface area (Å²) < 4.78 is 1.41. The van der Waals surface area contributed by atoms with Crippen molar-refractivity contribution < 1.29 is 0 Å². The Morgan fingerprint density at radius 3 is 2.79 bits per heavy atom. The van der Waals surface area contributed by atoms with Crippen molar-refractivity contribution in [1.29, 1.82) is 0 Å². The monoisotopic (exact) mass is 294 g/mol. The van der Waals surface area contributed by atoms with Crippen LogP contribution in [0.3, 0.4) is 0 Å². The van der Waals surface area contributed by atoms with Crippen LogP contribution in [0.4, 0.5) is 0 Å². The zero-order chi connectivity index (χ0) is 13.6. The number of fused-ring (bicyclic) bond motifs is 1. The van der Waals surface area contributed by atoms with E-state index in [0.717, 1.165) is 0 Å². The first-order valence-corrected chi connectivity index (χ1v) is 6.22. The molecule has 2 heterocycles. The predicted octanol–water partition coefficient (Wildman–Crippen LogP) is 2.72. The van der Waals surface area contributed by atoms with E-state index in [4.69, 9.17) is 23.2 Å². The number of nitrogens with one attached hydrogen (secondary N) is 1. The second-order valence-corrected chi connectivity index (χ2v) is 4.80. The van der Waals surface area contributed by atoms with Crippen molar-refractivity contribution in [2.24, 2.45) is 0 Å². The molecule has 0 bridgehead atoms. The van der Waals surface area contributed by atoms with Gasteiger partial charge in [0.1, 0.15) is 11.3 Å². The fourth-order valence-electron chi connectivity index (χ4n) is 1.94. The number of rotatable bonds is 1. The van der Waals surface area contributed by atoms with Crippen LogP contribution in [-0.2, 0) is 0 Å². The molecule has 0 saturated carbocycles. The lowest BCUT2D eigenvalue weighted by atomic mass is 10.3. The highest BCUT2D eigenvalue weighted by Crippen LogP contribution is 2.22. The topological polar surface area (TPSA) is 63.6 Å². The smallest absolute Gasteiger partial charge is 0.290 e. The Bertz CT molecular complexity index is 837. The zero-order valence-corrected chi connectivity index (χ0v) is 11.3. The van der Waals surface area contributed by atoms with Crippen molar-refractivity contribution in [3.8, 4) is 5.69 Å². The number of hydrogen-bond acceptors (Lipinski definition) is 3. The van der Waals surface area contributed by atoms with E-state index in [1.165, 1.54) is 4.57 Å². The first-order valence-electron chi connectivity index (χ1n) is 5.47. The van der Waals surface area contributed by atoms with Gasteiger partial charge in [-0.25, -0.2) is 14.8 Å². The summed E-state index contributed by atoms with van der Waals surface area (Å²) in [7, 11) is 0. The molecule has 3 rings (SSSR count). The number of halogens is 2. The van der Waals surface area contributed by atoms with Crippen molar-refractivity contribution in [2.45, 2.75) is 6.92 Å². The normalized spacial score (nSPS) is 11.1. The molecule has 0 radical (unpaired) electrons. The molecule has 2 aromatic heterocycles. The fraction of sp³-hybridized carbons (Fsp3) is 0.0833. The largest absolute Gasteiger partial charge is 0.332 e. The lowest BCUT2D eigenvalue weighted by Crippen LogP contribution is -2.14. The maximum atomic E-state index is 12.1. The molecule has 0 amide bonds. The SMILES string of the molecule is Cc1nc(Cl)c2c(n1)[nH]c(=O)n2-c1cccc(Cl)c1. The van der Waals surface area contributed by atoms with Gasteiger partial charge in [0.2, 0.25) is 0 Å². The molecule has 1 aromatic carbocycles. The summed E-state index contributed by atoms with van der Waals surface area (Å²) in [4.78, 5) is 22.9. The average molecular weight is 295 g/mol. The van der Waals surface area contributed by atoms with E-state index in [1.807, 2.05) is 0 Å². The molecular formula is C12H8Cl2N4O. The standard InChI is InChI=1S/C12H8Cl2N4O/c1-6-15-10(14)9-11(16-6)17-12(19)18(9)8-4-2-3-7(13)5-8/h2-5H,1H3,(H,15,16,17,19). The third-order valence-electron chi connectivity index (χ3n) is 2.67. The van der Waals surface area contributed by atoms with Crippen LogP contribution in [0, 0.1) is 6.92 Å². The number of hydrogen-bond donors (Lipinski definition) is 1. The van der Waals surface area contributed by atoms with Crippen LogP contribution >= 0.6 is 23.2 Å². The highest BCUT2D eigenvalue weighted by Gasteiger charge is 2.14. The predicted molar refractivity (Wildman–Crippen MR) is 74.2 cm³/mol. The van der Waals surface area contributed by atoms with Gasteiger partial charge in [-0.15, -0.1) is 0 Å². The number of aryl methyl sites for hydroxylation is 1.